The maximum atomic E-state index is 14.2. The molecule has 44 heavy (non-hydrogen) atoms. The molecule has 5 rings (SSSR count). The van der Waals surface area contributed by atoms with Crippen molar-refractivity contribution in [3.05, 3.63) is 126 Å². The number of hydrogen-bond acceptors (Lipinski definition) is 6. The summed E-state index contributed by atoms with van der Waals surface area (Å²) in [7, 11) is 0. The molecule has 1 atom stereocenters. The van der Waals surface area contributed by atoms with Gasteiger partial charge < -0.3 is 19.7 Å². The monoisotopic (exact) mass is 599 g/mol. The number of halogens is 2. The molecule has 1 aliphatic heterocycles. The Morgan fingerprint density at radius 1 is 0.750 bits per heavy atom. The van der Waals surface area contributed by atoms with Gasteiger partial charge in [-0.1, -0.05) is 54.6 Å². The standard InChI is InChI=1S/C35H35F2N3O4/c36-28-12-16-30(17-13-28)44-29-14-10-26(11-15-29)22-34(41)32(25-43-24-27-6-2-1-3-7-27)38-35(42)23-39-18-20-40(21-19-39)33-9-5-4-8-31(33)37/h1-17,32H,18-25H2,(H,38,42)/t32-/m0/s1. The fourth-order valence-corrected chi connectivity index (χ4v) is 5.02. The van der Waals surface area contributed by atoms with Gasteiger partial charge in [-0.3, -0.25) is 14.5 Å². The molecule has 1 saturated heterocycles. The zero-order valence-electron chi connectivity index (χ0n) is 24.3. The van der Waals surface area contributed by atoms with Crippen molar-refractivity contribution in [3.63, 3.8) is 0 Å². The maximum absolute atomic E-state index is 14.2. The van der Waals surface area contributed by atoms with Crippen LogP contribution in [0.3, 0.4) is 0 Å². The number of benzene rings is 4. The van der Waals surface area contributed by atoms with Gasteiger partial charge in [0.15, 0.2) is 5.78 Å². The van der Waals surface area contributed by atoms with E-state index >= 15 is 0 Å². The summed E-state index contributed by atoms with van der Waals surface area (Å²) in [6.07, 6.45) is 0.0950. The van der Waals surface area contributed by atoms with Gasteiger partial charge in [0.05, 0.1) is 25.4 Å². The number of rotatable bonds is 13. The van der Waals surface area contributed by atoms with Crippen LogP contribution in [0.5, 0.6) is 11.5 Å². The van der Waals surface area contributed by atoms with Crippen LogP contribution < -0.4 is 15.0 Å². The molecule has 9 heteroatoms. The number of hydrogen-bond donors (Lipinski definition) is 1. The minimum absolute atomic E-state index is 0.0340. The van der Waals surface area contributed by atoms with E-state index in [9.17, 15) is 18.4 Å². The highest BCUT2D eigenvalue weighted by molar-refractivity contribution is 5.91. The molecule has 4 aromatic rings. The van der Waals surface area contributed by atoms with Crippen LogP contribution in [0.1, 0.15) is 11.1 Å². The van der Waals surface area contributed by atoms with Gasteiger partial charge in [0.2, 0.25) is 5.91 Å². The van der Waals surface area contributed by atoms with Crippen molar-refractivity contribution in [3.8, 4) is 11.5 Å². The SMILES string of the molecule is O=C(CN1CCN(c2ccccc2F)CC1)N[C@@H](COCc1ccccc1)C(=O)Cc1ccc(Oc2ccc(F)cc2)cc1. The molecular weight excluding hydrogens is 564 g/mol. The van der Waals surface area contributed by atoms with Gasteiger partial charge in [-0.05, 0) is 59.7 Å². The molecule has 4 aromatic carbocycles. The summed E-state index contributed by atoms with van der Waals surface area (Å²) in [5.74, 6) is 0.00622. The van der Waals surface area contributed by atoms with E-state index in [2.05, 4.69) is 5.32 Å². The van der Waals surface area contributed by atoms with E-state index in [1.807, 2.05) is 46.2 Å². The number of ether oxygens (including phenoxy) is 2. The molecule has 0 saturated carbocycles. The Morgan fingerprint density at radius 3 is 2.07 bits per heavy atom. The summed E-state index contributed by atoms with van der Waals surface area (Å²) in [4.78, 5) is 30.5. The van der Waals surface area contributed by atoms with Crippen molar-refractivity contribution in [1.82, 2.24) is 10.2 Å². The van der Waals surface area contributed by atoms with Crippen molar-refractivity contribution in [2.45, 2.75) is 19.1 Å². The van der Waals surface area contributed by atoms with Gasteiger partial charge in [0, 0.05) is 32.6 Å². The number of carbonyl (C=O) groups excluding carboxylic acids is 2. The van der Waals surface area contributed by atoms with E-state index in [1.54, 1.807) is 48.5 Å². The van der Waals surface area contributed by atoms with Crippen LogP contribution in [0.4, 0.5) is 14.5 Å². The van der Waals surface area contributed by atoms with E-state index in [0.717, 1.165) is 11.1 Å². The number of Topliss-reactive ketones (excluding diaryl/α,β-unsaturated/α-hetero) is 1. The van der Waals surface area contributed by atoms with Crippen LogP contribution in [-0.2, 0) is 27.4 Å². The second kappa shape index (κ2) is 15.2. The fourth-order valence-electron chi connectivity index (χ4n) is 5.02. The lowest BCUT2D eigenvalue weighted by Crippen LogP contribution is -2.52. The molecule has 7 nitrogen and oxygen atoms in total. The number of amides is 1. The van der Waals surface area contributed by atoms with E-state index in [0.29, 0.717) is 50.0 Å². The van der Waals surface area contributed by atoms with Gasteiger partial charge in [0.1, 0.15) is 29.2 Å². The molecule has 1 N–H and O–H groups in total. The van der Waals surface area contributed by atoms with Crippen LogP contribution in [0.25, 0.3) is 0 Å². The zero-order valence-corrected chi connectivity index (χ0v) is 24.3. The quantitative estimate of drug-likeness (QED) is 0.222. The molecule has 0 radical (unpaired) electrons. The Labute approximate surface area is 256 Å². The van der Waals surface area contributed by atoms with Crippen LogP contribution in [0.2, 0.25) is 0 Å². The molecule has 0 bridgehead atoms. The Hall–Kier alpha value is -4.60. The molecule has 1 amide bonds. The predicted molar refractivity (Wildman–Crippen MR) is 165 cm³/mol. The second-order valence-corrected chi connectivity index (χ2v) is 10.7. The number of anilines is 1. The third-order valence-electron chi connectivity index (χ3n) is 7.40. The van der Waals surface area contributed by atoms with Crippen LogP contribution in [-0.4, -0.2) is 62.0 Å². The van der Waals surface area contributed by atoms with E-state index in [4.69, 9.17) is 9.47 Å². The second-order valence-electron chi connectivity index (χ2n) is 10.7. The third-order valence-corrected chi connectivity index (χ3v) is 7.40. The molecule has 0 spiro atoms. The number of nitrogens with zero attached hydrogens (tertiary/aromatic N) is 2. The highest BCUT2D eigenvalue weighted by Gasteiger charge is 2.25. The third kappa shape index (κ3) is 8.95. The summed E-state index contributed by atoms with van der Waals surface area (Å²) >= 11 is 0. The van der Waals surface area contributed by atoms with Crippen molar-refractivity contribution >= 4 is 17.4 Å². The lowest BCUT2D eigenvalue weighted by Gasteiger charge is -2.36. The average Bonchev–Trinajstić information content (AvgIpc) is 3.04. The van der Waals surface area contributed by atoms with Crippen LogP contribution in [0.15, 0.2) is 103 Å². The Morgan fingerprint density at radius 2 is 1.39 bits per heavy atom. The maximum Gasteiger partial charge on any atom is 0.234 e. The molecule has 0 unspecified atom stereocenters. The summed E-state index contributed by atoms with van der Waals surface area (Å²) in [6, 6.07) is 28.3. The average molecular weight is 600 g/mol. The topological polar surface area (TPSA) is 71.1 Å². The van der Waals surface area contributed by atoms with Gasteiger partial charge >= 0.3 is 0 Å². The molecule has 1 aliphatic rings. The first-order valence-electron chi connectivity index (χ1n) is 14.6. The number of nitrogens with one attached hydrogen (secondary N) is 1. The minimum Gasteiger partial charge on any atom is -0.457 e. The van der Waals surface area contributed by atoms with E-state index in [1.165, 1.54) is 18.2 Å². The van der Waals surface area contributed by atoms with Gasteiger partial charge in [0.25, 0.3) is 0 Å². The number of ketones is 1. The first-order valence-corrected chi connectivity index (χ1v) is 14.6. The number of carbonyl (C=O) groups is 2. The molecular formula is C35H35F2N3O4. The Bertz CT molecular complexity index is 1510. The van der Waals surface area contributed by atoms with E-state index < -0.39 is 6.04 Å². The smallest absolute Gasteiger partial charge is 0.234 e. The molecule has 228 valence electrons. The summed E-state index contributed by atoms with van der Waals surface area (Å²) in [5, 5.41) is 2.89. The zero-order chi connectivity index (χ0) is 30.7. The van der Waals surface area contributed by atoms with Gasteiger partial charge in [-0.15, -0.1) is 0 Å². The first-order chi connectivity index (χ1) is 21.4. The summed E-state index contributed by atoms with van der Waals surface area (Å²) < 4.78 is 39.0. The van der Waals surface area contributed by atoms with Gasteiger partial charge in [-0.2, -0.15) is 0 Å². The molecule has 0 aliphatic carbocycles. The molecule has 0 aromatic heterocycles. The minimum atomic E-state index is -0.832. The van der Waals surface area contributed by atoms with Crippen molar-refractivity contribution in [1.29, 1.82) is 0 Å². The summed E-state index contributed by atoms with van der Waals surface area (Å²) in [5.41, 5.74) is 2.29. The van der Waals surface area contributed by atoms with Crippen LogP contribution >= 0.6 is 0 Å². The summed E-state index contributed by atoms with van der Waals surface area (Å²) in [6.45, 7) is 2.85. The van der Waals surface area contributed by atoms with Crippen molar-refractivity contribution < 1.29 is 27.8 Å². The molecule has 1 heterocycles. The normalized spacial score (nSPS) is 14.2. The fraction of sp³-hybridized carbons (Fsp3) is 0.257. The Balaban J connectivity index is 1.16. The van der Waals surface area contributed by atoms with Crippen LogP contribution in [0, 0.1) is 11.6 Å². The van der Waals surface area contributed by atoms with Crippen molar-refractivity contribution in [2.24, 2.45) is 0 Å². The highest BCUT2D eigenvalue weighted by Crippen LogP contribution is 2.23. The van der Waals surface area contributed by atoms with E-state index in [-0.39, 0.29) is 42.9 Å². The Kier molecular flexibility index (Phi) is 10.7. The van der Waals surface area contributed by atoms with Gasteiger partial charge in [-0.25, -0.2) is 8.78 Å². The largest absolute Gasteiger partial charge is 0.457 e. The lowest BCUT2D eigenvalue weighted by molar-refractivity contribution is -0.129. The predicted octanol–water partition coefficient (Wildman–Crippen LogP) is 5.39. The highest BCUT2D eigenvalue weighted by atomic mass is 19.1. The number of para-hydroxylation sites is 1. The number of piperazine rings is 1. The first kappa shape index (κ1) is 30.8. The van der Waals surface area contributed by atoms with Crippen molar-refractivity contribution in [2.75, 3.05) is 44.2 Å². The molecule has 1 fully saturated rings. The lowest BCUT2D eigenvalue weighted by atomic mass is 10.0.